The molecule has 0 unspecified atom stereocenters. The molecule has 98 valence electrons. The minimum absolute atomic E-state index is 0. The molecule has 18 heavy (non-hydrogen) atoms. The Kier molecular flexibility index (Phi) is 7.21. The van der Waals surface area contributed by atoms with Crippen LogP contribution in [-0.4, -0.2) is 9.97 Å². The third kappa shape index (κ3) is 2.71. The molecule has 0 N–H and O–H groups in total. The van der Waals surface area contributed by atoms with E-state index >= 15 is 0 Å². The Morgan fingerprint density at radius 2 is 1.33 bits per heavy atom. The fourth-order valence-electron chi connectivity index (χ4n) is 1.70. The molecule has 3 rings (SSSR count). The maximum Gasteiger partial charge on any atom is 0.0965 e. The molecule has 0 amide bonds. The minimum atomic E-state index is 0. The summed E-state index contributed by atoms with van der Waals surface area (Å²) in [5, 5.41) is 2.37. The van der Waals surface area contributed by atoms with Crippen molar-refractivity contribution in [1.29, 1.82) is 0 Å². The van der Waals surface area contributed by atoms with Crippen molar-refractivity contribution in [2.75, 3.05) is 0 Å². The van der Waals surface area contributed by atoms with E-state index in [-0.39, 0.29) is 18.8 Å². The summed E-state index contributed by atoms with van der Waals surface area (Å²) >= 11 is 0. The Bertz CT molecular complexity index is 561. The van der Waals surface area contributed by atoms with Gasteiger partial charge in [-0.25, -0.2) is 0 Å². The monoisotopic (exact) mass is 260 g/mol. The van der Waals surface area contributed by atoms with Crippen LogP contribution in [0.5, 0.6) is 0 Å². The third-order valence-electron chi connectivity index (χ3n) is 2.36. The summed E-state index contributed by atoms with van der Waals surface area (Å²) < 4.78 is 0. The lowest BCUT2D eigenvalue weighted by molar-refractivity contribution is 1.11. The molecule has 0 spiro atoms. The van der Waals surface area contributed by atoms with E-state index in [9.17, 15) is 0 Å². The fourth-order valence-corrected chi connectivity index (χ4v) is 1.70. The van der Waals surface area contributed by atoms with Crippen molar-refractivity contribution in [3.8, 4) is 0 Å². The topological polar surface area (TPSA) is 25.8 Å². The first-order chi connectivity index (χ1) is 6.95. The van der Waals surface area contributed by atoms with Crippen LogP contribution in [0.4, 0.5) is 18.8 Å². The van der Waals surface area contributed by atoms with E-state index in [0.717, 1.165) is 16.4 Å². The molecule has 0 fully saturated rings. The largest absolute Gasteiger partial charge is 0.269 e. The zero-order valence-corrected chi connectivity index (χ0v) is 9.15. The van der Waals surface area contributed by atoms with Gasteiger partial charge in [-0.1, -0.05) is 30.3 Å². The van der Waals surface area contributed by atoms with E-state index in [1.807, 2.05) is 18.2 Å². The van der Waals surface area contributed by atoms with Gasteiger partial charge in [-0.2, -0.15) is 0 Å². The van der Waals surface area contributed by atoms with E-state index in [1.54, 1.807) is 12.4 Å². The highest BCUT2D eigenvalue weighted by atomic mass is 19.0. The zero-order valence-electron chi connectivity index (χ0n) is 9.15. The van der Waals surface area contributed by atoms with Crippen LogP contribution in [0.25, 0.3) is 21.8 Å². The summed E-state index contributed by atoms with van der Waals surface area (Å²) in [4.78, 5) is 8.62. The first kappa shape index (κ1) is 18.1. The van der Waals surface area contributed by atoms with E-state index in [1.165, 1.54) is 5.39 Å². The average Bonchev–Trinajstić information content (AvgIpc) is 2.29. The van der Waals surface area contributed by atoms with Crippen molar-refractivity contribution in [2.45, 2.75) is 0 Å². The molecule has 6 heteroatoms. The molecular formula is C12H12F4N2. The number of fused-ring (bicyclic) bond motifs is 3. The van der Waals surface area contributed by atoms with Crippen molar-refractivity contribution < 1.29 is 18.8 Å². The highest BCUT2D eigenvalue weighted by molar-refractivity contribution is 6.03. The lowest BCUT2D eigenvalue weighted by Crippen LogP contribution is -1.83. The predicted octanol–water partition coefficient (Wildman–Crippen LogP) is 3.39. The molecule has 0 aliphatic rings. The van der Waals surface area contributed by atoms with E-state index in [2.05, 4.69) is 28.2 Å². The van der Waals surface area contributed by atoms with Crippen molar-refractivity contribution in [2.24, 2.45) is 0 Å². The normalized spacial score (nSPS) is 8.44. The molecule has 3 aromatic rings. The Balaban J connectivity index is 0. The standard InChI is InChI=1S/C12H8N2.4FH/c1-2-4-10-9(3-1)5-6-11-12(10)14-8-7-13-11;;;;/h1-8H;4*1H. The molecule has 0 radical (unpaired) electrons. The van der Waals surface area contributed by atoms with Gasteiger partial charge in [0, 0.05) is 17.8 Å². The number of benzene rings is 2. The quantitative estimate of drug-likeness (QED) is 0.457. The maximum atomic E-state index is 4.35. The molecule has 1 heterocycles. The van der Waals surface area contributed by atoms with Gasteiger partial charge in [0.05, 0.1) is 11.0 Å². The molecule has 0 saturated carbocycles. The first-order valence-corrected chi connectivity index (χ1v) is 4.53. The summed E-state index contributed by atoms with van der Waals surface area (Å²) in [6.07, 6.45) is 3.45. The molecular weight excluding hydrogens is 248 g/mol. The molecule has 0 bridgehead atoms. The second-order valence-corrected chi connectivity index (χ2v) is 3.21. The van der Waals surface area contributed by atoms with Crippen LogP contribution in [0.2, 0.25) is 0 Å². The lowest BCUT2D eigenvalue weighted by Gasteiger charge is -2.00. The molecule has 0 aliphatic heterocycles. The second-order valence-electron chi connectivity index (χ2n) is 3.21. The highest BCUT2D eigenvalue weighted by Crippen LogP contribution is 2.21. The van der Waals surface area contributed by atoms with Crippen LogP contribution in [0, 0.1) is 0 Å². The second kappa shape index (κ2) is 7.16. The Hall–Kier alpha value is -2.24. The smallest absolute Gasteiger partial charge is 0.0965 e. The Labute approximate surface area is 100 Å². The number of aromatic nitrogens is 2. The Morgan fingerprint density at radius 1 is 0.667 bits per heavy atom. The molecule has 0 saturated heterocycles. The number of nitrogens with zero attached hydrogens (tertiary/aromatic N) is 2. The van der Waals surface area contributed by atoms with Crippen LogP contribution < -0.4 is 0 Å². The van der Waals surface area contributed by atoms with Crippen molar-refractivity contribution in [1.82, 2.24) is 9.97 Å². The van der Waals surface area contributed by atoms with Gasteiger partial charge in [0.2, 0.25) is 0 Å². The summed E-state index contributed by atoms with van der Waals surface area (Å²) in [6.45, 7) is 0. The number of hydrogen-bond acceptors (Lipinski definition) is 2. The number of rotatable bonds is 0. The van der Waals surface area contributed by atoms with Gasteiger partial charge in [0.1, 0.15) is 0 Å². The van der Waals surface area contributed by atoms with E-state index in [4.69, 9.17) is 0 Å². The molecule has 2 nitrogen and oxygen atoms in total. The van der Waals surface area contributed by atoms with Crippen LogP contribution in [0.15, 0.2) is 48.8 Å². The highest BCUT2D eigenvalue weighted by Gasteiger charge is 1.99. The average molecular weight is 260 g/mol. The lowest BCUT2D eigenvalue weighted by atomic mass is 10.1. The molecule has 0 aliphatic carbocycles. The Morgan fingerprint density at radius 3 is 2.11 bits per heavy atom. The summed E-state index contributed by atoms with van der Waals surface area (Å²) in [6, 6.07) is 12.3. The third-order valence-corrected chi connectivity index (χ3v) is 2.36. The van der Waals surface area contributed by atoms with Crippen LogP contribution >= 0.6 is 0 Å². The van der Waals surface area contributed by atoms with Crippen molar-refractivity contribution >= 4 is 21.8 Å². The maximum absolute atomic E-state index is 4.35. The zero-order chi connectivity index (χ0) is 9.38. The van der Waals surface area contributed by atoms with Crippen LogP contribution in [-0.2, 0) is 0 Å². The SMILES string of the molecule is F.F.F.F.c1ccc2c(c1)ccc1nccnc12. The van der Waals surface area contributed by atoms with Gasteiger partial charge in [-0.15, -0.1) is 0 Å². The van der Waals surface area contributed by atoms with E-state index in [0.29, 0.717) is 0 Å². The first-order valence-electron chi connectivity index (χ1n) is 4.53. The fraction of sp³-hybridized carbons (Fsp3) is 0. The number of hydrogen-bond donors (Lipinski definition) is 0. The van der Waals surface area contributed by atoms with Crippen LogP contribution in [0.3, 0.4) is 0 Å². The van der Waals surface area contributed by atoms with Gasteiger partial charge in [0.15, 0.2) is 0 Å². The summed E-state index contributed by atoms with van der Waals surface area (Å²) in [7, 11) is 0. The van der Waals surface area contributed by atoms with Crippen LogP contribution in [0.1, 0.15) is 0 Å². The minimum Gasteiger partial charge on any atom is -0.269 e. The molecule has 0 atom stereocenters. The van der Waals surface area contributed by atoms with Gasteiger partial charge in [-0.3, -0.25) is 28.8 Å². The van der Waals surface area contributed by atoms with Gasteiger partial charge in [0.25, 0.3) is 0 Å². The predicted molar refractivity (Wildman–Crippen MR) is 67.1 cm³/mol. The number of halogens is 4. The molecule has 1 aromatic heterocycles. The summed E-state index contributed by atoms with van der Waals surface area (Å²) in [5.74, 6) is 0. The molecule has 2 aromatic carbocycles. The van der Waals surface area contributed by atoms with Gasteiger partial charge >= 0.3 is 0 Å². The van der Waals surface area contributed by atoms with E-state index < -0.39 is 0 Å². The van der Waals surface area contributed by atoms with Gasteiger partial charge in [-0.05, 0) is 11.5 Å². The summed E-state index contributed by atoms with van der Waals surface area (Å²) in [5.41, 5.74) is 1.93. The van der Waals surface area contributed by atoms with Crippen molar-refractivity contribution in [3.05, 3.63) is 48.8 Å². The van der Waals surface area contributed by atoms with Gasteiger partial charge < -0.3 is 0 Å². The van der Waals surface area contributed by atoms with Crippen molar-refractivity contribution in [3.63, 3.8) is 0 Å².